The SMILES string of the molecule is CC(=O)C(C)(O)C(=O)OC/C=C(\C)CCCC(C)CCCC(C)CCCC(C)C. The van der Waals surface area contributed by atoms with E-state index < -0.39 is 17.4 Å². The van der Waals surface area contributed by atoms with Gasteiger partial charge in [0.1, 0.15) is 6.61 Å². The summed E-state index contributed by atoms with van der Waals surface area (Å²) in [5, 5.41) is 9.75. The molecule has 0 saturated carbocycles. The summed E-state index contributed by atoms with van der Waals surface area (Å²) in [6.07, 6.45) is 13.2. The smallest absolute Gasteiger partial charge is 0.345 e. The van der Waals surface area contributed by atoms with E-state index in [0.717, 1.165) is 30.6 Å². The number of hydrogen-bond acceptors (Lipinski definition) is 4. The monoisotopic (exact) mass is 410 g/mol. The van der Waals surface area contributed by atoms with Crippen LogP contribution >= 0.6 is 0 Å². The summed E-state index contributed by atoms with van der Waals surface area (Å²) in [6.45, 7) is 13.8. The quantitative estimate of drug-likeness (QED) is 0.185. The molecule has 4 heteroatoms. The first kappa shape index (κ1) is 27.8. The van der Waals surface area contributed by atoms with Crippen molar-refractivity contribution in [1.82, 2.24) is 0 Å². The van der Waals surface area contributed by atoms with Gasteiger partial charge in [0.2, 0.25) is 5.60 Å². The van der Waals surface area contributed by atoms with Crippen LogP contribution in [-0.2, 0) is 14.3 Å². The summed E-state index contributed by atoms with van der Waals surface area (Å²) < 4.78 is 5.00. The molecule has 0 amide bonds. The van der Waals surface area contributed by atoms with Gasteiger partial charge in [-0.3, -0.25) is 4.79 Å². The summed E-state index contributed by atoms with van der Waals surface area (Å²) in [5.74, 6) is 0.914. The highest BCUT2D eigenvalue weighted by atomic mass is 16.5. The molecule has 0 spiro atoms. The van der Waals surface area contributed by atoms with Crippen LogP contribution in [0.25, 0.3) is 0 Å². The number of esters is 1. The summed E-state index contributed by atoms with van der Waals surface area (Å²) in [7, 11) is 0. The standard InChI is InChI=1S/C25H46O4/c1-19(2)11-8-12-20(3)13-9-14-21(4)15-10-16-22(5)17-18-29-24(27)25(7,28)23(6)26/h17,19-21,28H,8-16,18H2,1-7H3/b22-17+. The lowest BCUT2D eigenvalue weighted by atomic mass is 9.91. The van der Waals surface area contributed by atoms with Crippen molar-refractivity contribution < 1.29 is 19.4 Å². The number of carbonyl (C=O) groups excluding carboxylic acids is 2. The van der Waals surface area contributed by atoms with Gasteiger partial charge in [-0.05, 0) is 57.4 Å². The molecule has 0 aromatic rings. The molecule has 29 heavy (non-hydrogen) atoms. The Morgan fingerprint density at radius 3 is 1.86 bits per heavy atom. The molecule has 0 aliphatic heterocycles. The molecule has 0 bridgehead atoms. The van der Waals surface area contributed by atoms with E-state index >= 15 is 0 Å². The Balaban J connectivity index is 3.89. The molecule has 0 aliphatic rings. The van der Waals surface area contributed by atoms with Crippen LogP contribution in [0.4, 0.5) is 0 Å². The van der Waals surface area contributed by atoms with Crippen molar-refractivity contribution in [3.63, 3.8) is 0 Å². The van der Waals surface area contributed by atoms with Gasteiger partial charge in [0.25, 0.3) is 0 Å². The third-order valence-electron chi connectivity index (χ3n) is 5.87. The second kappa shape index (κ2) is 14.8. The average molecular weight is 411 g/mol. The molecule has 0 radical (unpaired) electrons. The maximum Gasteiger partial charge on any atom is 0.345 e. The zero-order valence-electron chi connectivity index (χ0n) is 20.1. The van der Waals surface area contributed by atoms with Gasteiger partial charge in [-0.2, -0.15) is 0 Å². The number of Topliss-reactive ketones (excluding diaryl/α,β-unsaturated/α-hetero) is 1. The van der Waals surface area contributed by atoms with Gasteiger partial charge in [0, 0.05) is 0 Å². The molecular weight excluding hydrogens is 364 g/mol. The van der Waals surface area contributed by atoms with Crippen LogP contribution in [0.15, 0.2) is 11.6 Å². The summed E-state index contributed by atoms with van der Waals surface area (Å²) in [4.78, 5) is 22.9. The highest BCUT2D eigenvalue weighted by Gasteiger charge is 2.37. The number of ketones is 1. The first-order chi connectivity index (χ1) is 13.5. The van der Waals surface area contributed by atoms with E-state index in [2.05, 4.69) is 27.7 Å². The molecule has 1 N–H and O–H groups in total. The van der Waals surface area contributed by atoms with Crippen molar-refractivity contribution in [1.29, 1.82) is 0 Å². The molecule has 0 heterocycles. The number of allylic oxidation sites excluding steroid dienone is 1. The molecule has 0 rings (SSSR count). The predicted molar refractivity (Wildman–Crippen MR) is 121 cm³/mol. The van der Waals surface area contributed by atoms with Gasteiger partial charge in [-0.25, -0.2) is 4.79 Å². The fourth-order valence-electron chi connectivity index (χ4n) is 3.35. The minimum Gasteiger partial charge on any atom is -0.459 e. The maximum absolute atomic E-state index is 11.7. The second-order valence-corrected chi connectivity index (χ2v) is 9.64. The van der Waals surface area contributed by atoms with Gasteiger partial charge in [0.15, 0.2) is 5.78 Å². The van der Waals surface area contributed by atoms with Crippen molar-refractivity contribution in [3.05, 3.63) is 11.6 Å². The number of carbonyl (C=O) groups is 2. The third-order valence-corrected chi connectivity index (χ3v) is 5.87. The Labute approximate surface area is 179 Å². The van der Waals surface area contributed by atoms with E-state index in [1.54, 1.807) is 0 Å². The Hall–Kier alpha value is -1.16. The lowest BCUT2D eigenvalue weighted by molar-refractivity contribution is -0.166. The highest BCUT2D eigenvalue weighted by molar-refractivity contribution is 6.05. The minimum atomic E-state index is -2.05. The third kappa shape index (κ3) is 13.6. The molecule has 0 fully saturated rings. The van der Waals surface area contributed by atoms with Crippen molar-refractivity contribution >= 4 is 11.8 Å². The molecular formula is C25H46O4. The molecule has 0 aliphatic carbocycles. The Kier molecular flexibility index (Phi) is 14.2. The van der Waals surface area contributed by atoms with E-state index in [-0.39, 0.29) is 6.61 Å². The Morgan fingerprint density at radius 2 is 1.38 bits per heavy atom. The lowest BCUT2D eigenvalue weighted by Gasteiger charge is -2.17. The Morgan fingerprint density at radius 1 is 0.897 bits per heavy atom. The number of hydrogen-bond donors (Lipinski definition) is 1. The zero-order valence-corrected chi connectivity index (χ0v) is 20.1. The highest BCUT2D eigenvalue weighted by Crippen LogP contribution is 2.22. The molecule has 4 nitrogen and oxygen atoms in total. The van der Waals surface area contributed by atoms with Gasteiger partial charge in [0.05, 0.1) is 0 Å². The fourth-order valence-corrected chi connectivity index (χ4v) is 3.35. The van der Waals surface area contributed by atoms with E-state index in [9.17, 15) is 14.7 Å². The largest absolute Gasteiger partial charge is 0.459 e. The zero-order chi connectivity index (χ0) is 22.4. The number of rotatable bonds is 16. The normalized spacial score (nSPS) is 16.4. The first-order valence-electron chi connectivity index (χ1n) is 11.5. The van der Waals surface area contributed by atoms with Crippen molar-refractivity contribution in [2.45, 2.75) is 112 Å². The summed E-state index contributed by atoms with van der Waals surface area (Å²) in [6, 6.07) is 0. The van der Waals surface area contributed by atoms with Crippen LogP contribution in [-0.4, -0.2) is 29.1 Å². The van der Waals surface area contributed by atoms with Gasteiger partial charge >= 0.3 is 5.97 Å². The molecule has 3 unspecified atom stereocenters. The van der Waals surface area contributed by atoms with Crippen LogP contribution < -0.4 is 0 Å². The van der Waals surface area contributed by atoms with Crippen molar-refractivity contribution in [2.75, 3.05) is 6.61 Å². The minimum absolute atomic E-state index is 0.0956. The van der Waals surface area contributed by atoms with Crippen molar-refractivity contribution in [2.24, 2.45) is 17.8 Å². The van der Waals surface area contributed by atoms with Crippen LogP contribution in [0.2, 0.25) is 0 Å². The lowest BCUT2D eigenvalue weighted by Crippen LogP contribution is -2.43. The molecule has 0 aromatic carbocycles. The predicted octanol–water partition coefficient (Wildman–Crippen LogP) is 6.26. The van der Waals surface area contributed by atoms with E-state index in [1.807, 2.05) is 13.0 Å². The topological polar surface area (TPSA) is 63.6 Å². The summed E-state index contributed by atoms with van der Waals surface area (Å²) in [5.41, 5.74) is -0.880. The fraction of sp³-hybridized carbons (Fsp3) is 0.840. The Bertz CT molecular complexity index is 505. The molecule has 3 atom stereocenters. The molecule has 170 valence electrons. The van der Waals surface area contributed by atoms with Gasteiger partial charge in [-0.1, -0.05) is 78.2 Å². The van der Waals surface area contributed by atoms with Crippen LogP contribution in [0, 0.1) is 17.8 Å². The summed E-state index contributed by atoms with van der Waals surface area (Å²) >= 11 is 0. The van der Waals surface area contributed by atoms with E-state index in [1.165, 1.54) is 64.4 Å². The second-order valence-electron chi connectivity index (χ2n) is 9.64. The van der Waals surface area contributed by atoms with Gasteiger partial charge < -0.3 is 9.84 Å². The van der Waals surface area contributed by atoms with Crippen LogP contribution in [0.3, 0.4) is 0 Å². The molecule has 0 saturated heterocycles. The van der Waals surface area contributed by atoms with Crippen LogP contribution in [0.1, 0.15) is 106 Å². The van der Waals surface area contributed by atoms with E-state index in [4.69, 9.17) is 4.74 Å². The van der Waals surface area contributed by atoms with Crippen molar-refractivity contribution in [3.8, 4) is 0 Å². The van der Waals surface area contributed by atoms with Gasteiger partial charge in [-0.15, -0.1) is 0 Å². The van der Waals surface area contributed by atoms with E-state index in [0.29, 0.717) is 0 Å². The first-order valence-corrected chi connectivity index (χ1v) is 11.5. The number of aliphatic hydroxyl groups is 1. The molecule has 0 aromatic heterocycles. The average Bonchev–Trinajstić information content (AvgIpc) is 2.61. The number of ether oxygens (including phenoxy) is 1. The maximum atomic E-state index is 11.7. The van der Waals surface area contributed by atoms with Crippen LogP contribution in [0.5, 0.6) is 0 Å².